The topological polar surface area (TPSA) is 9.23 Å². The number of hydrogen-bond acceptors (Lipinski definition) is 1. The van der Waals surface area contributed by atoms with E-state index < -0.39 is 0 Å². The maximum atomic E-state index is 5.20. The van der Waals surface area contributed by atoms with Gasteiger partial charge in [0, 0.05) is 4.47 Å². The number of methoxy groups -OCH3 is 1. The van der Waals surface area contributed by atoms with Crippen LogP contribution in [-0.4, -0.2) is 7.11 Å². The molecule has 0 bridgehead atoms. The van der Waals surface area contributed by atoms with Crippen LogP contribution in [0.1, 0.15) is 0 Å². The van der Waals surface area contributed by atoms with Crippen molar-refractivity contribution >= 4 is 31.9 Å². The molecule has 0 heterocycles. The molecule has 3 heteroatoms. The maximum absolute atomic E-state index is 5.20. The first kappa shape index (κ1) is 11.7. The van der Waals surface area contributed by atoms with Crippen molar-refractivity contribution in [2.75, 3.05) is 7.11 Å². The third-order valence-corrected chi connectivity index (χ3v) is 3.48. The Hall–Kier alpha value is -0.800. The van der Waals surface area contributed by atoms with Crippen molar-refractivity contribution in [3.05, 3.63) is 51.4 Å². The highest BCUT2D eigenvalue weighted by Crippen LogP contribution is 2.30. The number of halogens is 2. The van der Waals surface area contributed by atoms with Gasteiger partial charge in [0.15, 0.2) is 0 Å². The first-order valence-electron chi connectivity index (χ1n) is 4.80. The molecule has 0 atom stereocenters. The highest BCUT2D eigenvalue weighted by molar-refractivity contribution is 9.10. The van der Waals surface area contributed by atoms with Crippen LogP contribution in [0.3, 0.4) is 0 Å². The van der Waals surface area contributed by atoms with E-state index in [9.17, 15) is 0 Å². The fourth-order valence-corrected chi connectivity index (χ4v) is 2.29. The van der Waals surface area contributed by atoms with Gasteiger partial charge in [-0.25, -0.2) is 0 Å². The smallest absolute Gasteiger partial charge is 0.133 e. The van der Waals surface area contributed by atoms with Gasteiger partial charge in [0.05, 0.1) is 11.6 Å². The summed E-state index contributed by atoms with van der Waals surface area (Å²) in [6, 6.07) is 14.3. The summed E-state index contributed by atoms with van der Waals surface area (Å²) in [6.45, 7) is 0. The lowest BCUT2D eigenvalue weighted by atomic mass is 10.1. The fraction of sp³-hybridized carbons (Fsp3) is 0.0769. The lowest BCUT2D eigenvalue weighted by Gasteiger charge is -2.06. The second-order valence-electron chi connectivity index (χ2n) is 3.36. The van der Waals surface area contributed by atoms with E-state index >= 15 is 0 Å². The van der Waals surface area contributed by atoms with Crippen LogP contribution in [0.15, 0.2) is 51.4 Å². The van der Waals surface area contributed by atoms with Gasteiger partial charge in [-0.2, -0.15) is 0 Å². The molecule has 2 rings (SSSR count). The average molecular weight is 342 g/mol. The van der Waals surface area contributed by atoms with E-state index in [2.05, 4.69) is 50.1 Å². The molecule has 2 aromatic carbocycles. The molecule has 0 amide bonds. The van der Waals surface area contributed by atoms with Gasteiger partial charge < -0.3 is 4.74 Å². The van der Waals surface area contributed by atoms with Gasteiger partial charge in [-0.05, 0) is 51.3 Å². The second kappa shape index (κ2) is 5.02. The summed E-state index contributed by atoms with van der Waals surface area (Å²) in [6.07, 6.45) is 0. The molecule has 1 nitrogen and oxygen atoms in total. The summed E-state index contributed by atoms with van der Waals surface area (Å²) in [5, 5.41) is 0. The van der Waals surface area contributed by atoms with Crippen molar-refractivity contribution in [3.8, 4) is 16.9 Å². The molecule has 0 unspecified atom stereocenters. The molecule has 82 valence electrons. The zero-order valence-electron chi connectivity index (χ0n) is 8.71. The van der Waals surface area contributed by atoms with Gasteiger partial charge in [-0.15, -0.1) is 0 Å². The molecule has 0 radical (unpaired) electrons. The van der Waals surface area contributed by atoms with Crippen LogP contribution in [0, 0.1) is 0 Å². The molecular formula is C13H10Br2O. The molecule has 0 fully saturated rings. The quantitative estimate of drug-likeness (QED) is 0.755. The van der Waals surface area contributed by atoms with Crippen LogP contribution in [0.25, 0.3) is 11.1 Å². The average Bonchev–Trinajstić information content (AvgIpc) is 2.30. The van der Waals surface area contributed by atoms with Crippen LogP contribution in [0.2, 0.25) is 0 Å². The van der Waals surface area contributed by atoms with E-state index in [4.69, 9.17) is 4.74 Å². The van der Waals surface area contributed by atoms with Crippen molar-refractivity contribution in [3.63, 3.8) is 0 Å². The number of rotatable bonds is 2. The molecule has 0 aliphatic carbocycles. The minimum atomic E-state index is 0.848. The molecule has 0 aliphatic rings. The summed E-state index contributed by atoms with van der Waals surface area (Å²) in [7, 11) is 1.67. The monoisotopic (exact) mass is 340 g/mol. The zero-order chi connectivity index (χ0) is 11.5. The van der Waals surface area contributed by atoms with Gasteiger partial charge in [0.2, 0.25) is 0 Å². The van der Waals surface area contributed by atoms with Crippen molar-refractivity contribution < 1.29 is 4.74 Å². The van der Waals surface area contributed by atoms with Crippen molar-refractivity contribution in [1.82, 2.24) is 0 Å². The van der Waals surface area contributed by atoms with E-state index in [1.54, 1.807) is 7.11 Å². The number of benzene rings is 2. The lowest BCUT2D eigenvalue weighted by Crippen LogP contribution is -1.85. The van der Waals surface area contributed by atoms with Crippen LogP contribution in [-0.2, 0) is 0 Å². The Kier molecular flexibility index (Phi) is 3.66. The minimum Gasteiger partial charge on any atom is -0.496 e. The van der Waals surface area contributed by atoms with Crippen LogP contribution < -0.4 is 4.74 Å². The SMILES string of the molecule is COc1ccc(-c2ccc(Br)cc2)cc1Br. The lowest BCUT2D eigenvalue weighted by molar-refractivity contribution is 0.412. The van der Waals surface area contributed by atoms with Gasteiger partial charge in [0.25, 0.3) is 0 Å². The summed E-state index contributed by atoms with van der Waals surface area (Å²) < 4.78 is 7.26. The van der Waals surface area contributed by atoms with Crippen LogP contribution in [0.4, 0.5) is 0 Å². The Balaban J connectivity index is 2.41. The normalized spacial score (nSPS) is 10.2. The van der Waals surface area contributed by atoms with E-state index in [1.165, 1.54) is 11.1 Å². The number of hydrogen-bond donors (Lipinski definition) is 0. The highest BCUT2D eigenvalue weighted by Gasteiger charge is 2.03. The number of ether oxygens (including phenoxy) is 1. The zero-order valence-corrected chi connectivity index (χ0v) is 11.9. The molecular weight excluding hydrogens is 332 g/mol. The Morgan fingerprint density at radius 1 is 0.875 bits per heavy atom. The molecule has 0 spiro atoms. The Bertz CT molecular complexity index is 492. The first-order chi connectivity index (χ1) is 7.70. The Morgan fingerprint density at radius 2 is 1.50 bits per heavy atom. The van der Waals surface area contributed by atoms with Crippen molar-refractivity contribution in [1.29, 1.82) is 0 Å². The maximum Gasteiger partial charge on any atom is 0.133 e. The van der Waals surface area contributed by atoms with E-state index in [0.29, 0.717) is 0 Å². The predicted molar refractivity (Wildman–Crippen MR) is 73.8 cm³/mol. The highest BCUT2D eigenvalue weighted by atomic mass is 79.9. The van der Waals surface area contributed by atoms with Gasteiger partial charge >= 0.3 is 0 Å². The van der Waals surface area contributed by atoms with Crippen molar-refractivity contribution in [2.24, 2.45) is 0 Å². The summed E-state index contributed by atoms with van der Waals surface area (Å²) >= 11 is 6.91. The Labute approximate surface area is 112 Å². The van der Waals surface area contributed by atoms with E-state index in [-0.39, 0.29) is 0 Å². The Morgan fingerprint density at radius 3 is 2.06 bits per heavy atom. The molecule has 0 saturated carbocycles. The molecule has 0 aliphatic heterocycles. The molecule has 0 aromatic heterocycles. The largest absolute Gasteiger partial charge is 0.496 e. The van der Waals surface area contributed by atoms with Crippen LogP contribution >= 0.6 is 31.9 Å². The van der Waals surface area contributed by atoms with Gasteiger partial charge in [-0.3, -0.25) is 0 Å². The first-order valence-corrected chi connectivity index (χ1v) is 6.39. The minimum absolute atomic E-state index is 0.848. The molecule has 16 heavy (non-hydrogen) atoms. The standard InChI is InChI=1S/C13H10Br2O/c1-16-13-7-4-10(8-12(13)15)9-2-5-11(14)6-3-9/h2-8H,1H3. The third-order valence-electron chi connectivity index (χ3n) is 2.33. The van der Waals surface area contributed by atoms with Crippen molar-refractivity contribution in [2.45, 2.75) is 0 Å². The third kappa shape index (κ3) is 2.47. The van der Waals surface area contributed by atoms with Gasteiger partial charge in [-0.1, -0.05) is 34.1 Å². The van der Waals surface area contributed by atoms with Gasteiger partial charge in [0.1, 0.15) is 5.75 Å². The molecule has 0 saturated heterocycles. The predicted octanol–water partition coefficient (Wildman–Crippen LogP) is 4.89. The fourth-order valence-electron chi connectivity index (χ4n) is 1.49. The second-order valence-corrected chi connectivity index (χ2v) is 5.13. The van der Waals surface area contributed by atoms with E-state index in [0.717, 1.165) is 14.7 Å². The van der Waals surface area contributed by atoms with Crippen LogP contribution in [0.5, 0.6) is 5.75 Å². The molecule has 2 aromatic rings. The summed E-state index contributed by atoms with van der Waals surface area (Å²) in [4.78, 5) is 0. The summed E-state index contributed by atoms with van der Waals surface area (Å²) in [5.74, 6) is 0.848. The van der Waals surface area contributed by atoms with E-state index in [1.807, 2.05) is 24.3 Å². The summed E-state index contributed by atoms with van der Waals surface area (Å²) in [5.41, 5.74) is 2.35. The molecule has 0 N–H and O–H groups in total.